The maximum atomic E-state index is 12.3. The number of ether oxygens (including phenoxy) is 1. The molecule has 112 valence electrons. The number of hydrogen-bond acceptors (Lipinski definition) is 4. The summed E-state index contributed by atoms with van der Waals surface area (Å²) in [5.41, 5.74) is 2.40. The molecule has 1 amide bonds. The van der Waals surface area contributed by atoms with Crippen LogP contribution in [0.4, 0.5) is 0 Å². The second-order valence-corrected chi connectivity index (χ2v) is 5.15. The lowest BCUT2D eigenvalue weighted by Crippen LogP contribution is -2.36. The van der Waals surface area contributed by atoms with Gasteiger partial charge in [0.15, 0.2) is 0 Å². The molecule has 0 radical (unpaired) electrons. The number of aliphatic hydroxyl groups is 1. The SMILES string of the molecule is COCC(O)CN(C)C(=O)c1ccc2nc(C)ccc2c1. The average Bonchev–Trinajstić information content (AvgIpc) is 2.46. The predicted molar refractivity (Wildman–Crippen MR) is 81.3 cm³/mol. The third-order valence-corrected chi connectivity index (χ3v) is 3.27. The Morgan fingerprint density at radius 2 is 2.14 bits per heavy atom. The molecule has 0 spiro atoms. The first kappa shape index (κ1) is 15.4. The van der Waals surface area contributed by atoms with E-state index in [0.29, 0.717) is 5.56 Å². The van der Waals surface area contributed by atoms with Crippen LogP contribution in [0.3, 0.4) is 0 Å². The Balaban J connectivity index is 2.17. The number of hydrogen-bond donors (Lipinski definition) is 1. The highest BCUT2D eigenvalue weighted by Gasteiger charge is 2.15. The van der Waals surface area contributed by atoms with Crippen LogP contribution >= 0.6 is 0 Å². The number of methoxy groups -OCH3 is 1. The Hall–Kier alpha value is -1.98. The van der Waals surface area contributed by atoms with Crippen LogP contribution in [-0.4, -0.2) is 54.3 Å². The van der Waals surface area contributed by atoms with E-state index < -0.39 is 6.10 Å². The van der Waals surface area contributed by atoms with Crippen molar-refractivity contribution in [3.8, 4) is 0 Å². The molecular weight excluding hydrogens is 268 g/mol. The fraction of sp³-hybridized carbons (Fsp3) is 0.375. The number of carbonyl (C=O) groups is 1. The van der Waals surface area contributed by atoms with E-state index in [4.69, 9.17) is 4.74 Å². The highest BCUT2D eigenvalue weighted by atomic mass is 16.5. The van der Waals surface area contributed by atoms with Crippen molar-refractivity contribution in [2.45, 2.75) is 13.0 Å². The number of aromatic nitrogens is 1. The molecule has 21 heavy (non-hydrogen) atoms. The molecule has 0 saturated carbocycles. The highest BCUT2D eigenvalue weighted by Crippen LogP contribution is 2.16. The van der Waals surface area contributed by atoms with Crippen LogP contribution < -0.4 is 0 Å². The lowest BCUT2D eigenvalue weighted by atomic mass is 10.1. The summed E-state index contributed by atoms with van der Waals surface area (Å²) in [7, 11) is 3.18. The summed E-state index contributed by atoms with van der Waals surface area (Å²) in [6.45, 7) is 2.37. The molecular formula is C16H20N2O3. The molecule has 1 atom stereocenters. The quantitative estimate of drug-likeness (QED) is 0.908. The van der Waals surface area contributed by atoms with Crippen molar-refractivity contribution in [2.75, 3.05) is 27.3 Å². The van der Waals surface area contributed by atoms with E-state index in [1.807, 2.05) is 31.2 Å². The van der Waals surface area contributed by atoms with Gasteiger partial charge < -0.3 is 14.7 Å². The third-order valence-electron chi connectivity index (χ3n) is 3.27. The summed E-state index contributed by atoms with van der Waals surface area (Å²) >= 11 is 0. The van der Waals surface area contributed by atoms with E-state index in [0.717, 1.165) is 16.6 Å². The number of rotatable bonds is 5. The lowest BCUT2D eigenvalue weighted by Gasteiger charge is -2.20. The molecule has 2 rings (SSSR count). The predicted octanol–water partition coefficient (Wildman–Crippen LogP) is 1.62. The minimum Gasteiger partial charge on any atom is -0.389 e. The van der Waals surface area contributed by atoms with Gasteiger partial charge in [-0.25, -0.2) is 0 Å². The van der Waals surface area contributed by atoms with Crippen LogP contribution in [0.2, 0.25) is 0 Å². The fourth-order valence-corrected chi connectivity index (χ4v) is 2.23. The van der Waals surface area contributed by atoms with Crippen molar-refractivity contribution in [3.63, 3.8) is 0 Å². The Morgan fingerprint density at radius 3 is 2.86 bits per heavy atom. The third kappa shape index (κ3) is 3.77. The molecule has 0 aliphatic heterocycles. The number of aryl methyl sites for hydroxylation is 1. The lowest BCUT2D eigenvalue weighted by molar-refractivity contribution is 0.0380. The monoisotopic (exact) mass is 288 g/mol. The average molecular weight is 288 g/mol. The largest absolute Gasteiger partial charge is 0.389 e. The highest BCUT2D eigenvalue weighted by molar-refractivity contribution is 5.97. The number of likely N-dealkylation sites (N-methyl/N-ethyl adjacent to an activating group) is 1. The van der Waals surface area contributed by atoms with Gasteiger partial charge in [-0.3, -0.25) is 9.78 Å². The molecule has 1 N–H and O–H groups in total. The van der Waals surface area contributed by atoms with Gasteiger partial charge in [-0.1, -0.05) is 6.07 Å². The van der Waals surface area contributed by atoms with Crippen molar-refractivity contribution in [1.82, 2.24) is 9.88 Å². The Bertz CT molecular complexity index is 642. The molecule has 0 fully saturated rings. The van der Waals surface area contributed by atoms with E-state index in [-0.39, 0.29) is 19.1 Å². The molecule has 1 unspecified atom stereocenters. The van der Waals surface area contributed by atoms with E-state index in [9.17, 15) is 9.90 Å². The number of fused-ring (bicyclic) bond motifs is 1. The molecule has 0 saturated heterocycles. The minimum atomic E-state index is -0.686. The van der Waals surface area contributed by atoms with Crippen LogP contribution in [0.25, 0.3) is 10.9 Å². The van der Waals surface area contributed by atoms with Gasteiger partial charge in [0, 0.05) is 37.3 Å². The molecule has 2 aromatic rings. The van der Waals surface area contributed by atoms with Crippen LogP contribution in [0, 0.1) is 6.92 Å². The van der Waals surface area contributed by atoms with Gasteiger partial charge in [-0.15, -0.1) is 0 Å². The molecule has 1 heterocycles. The first-order valence-corrected chi connectivity index (χ1v) is 6.81. The van der Waals surface area contributed by atoms with Crippen LogP contribution in [0.15, 0.2) is 30.3 Å². The summed E-state index contributed by atoms with van der Waals surface area (Å²) in [5.74, 6) is -0.132. The van der Waals surface area contributed by atoms with Gasteiger partial charge in [0.2, 0.25) is 0 Å². The maximum absolute atomic E-state index is 12.3. The topological polar surface area (TPSA) is 62.7 Å². The fourth-order valence-electron chi connectivity index (χ4n) is 2.23. The summed E-state index contributed by atoms with van der Waals surface area (Å²) in [6, 6.07) is 9.30. The van der Waals surface area contributed by atoms with E-state index >= 15 is 0 Å². The summed E-state index contributed by atoms with van der Waals surface area (Å²) in [6.07, 6.45) is -0.686. The number of benzene rings is 1. The summed E-state index contributed by atoms with van der Waals surface area (Å²) in [4.78, 5) is 18.3. The standard InChI is InChI=1S/C16H20N2O3/c1-11-4-5-12-8-13(6-7-15(12)17-11)16(20)18(2)9-14(19)10-21-3/h4-8,14,19H,9-10H2,1-3H3. The summed E-state index contributed by atoms with van der Waals surface area (Å²) < 4.78 is 4.86. The van der Waals surface area contributed by atoms with Gasteiger partial charge in [0.1, 0.15) is 0 Å². The van der Waals surface area contributed by atoms with E-state index in [1.54, 1.807) is 13.1 Å². The molecule has 1 aromatic heterocycles. The van der Waals surface area contributed by atoms with Gasteiger partial charge in [0.05, 0.1) is 18.2 Å². The molecule has 5 nitrogen and oxygen atoms in total. The second-order valence-electron chi connectivity index (χ2n) is 5.15. The smallest absolute Gasteiger partial charge is 0.253 e. The number of carbonyl (C=O) groups excluding carboxylic acids is 1. The van der Waals surface area contributed by atoms with Crippen molar-refractivity contribution < 1.29 is 14.6 Å². The van der Waals surface area contributed by atoms with E-state index in [1.165, 1.54) is 12.0 Å². The normalized spacial score (nSPS) is 12.4. The molecule has 5 heteroatoms. The van der Waals surface area contributed by atoms with Crippen molar-refractivity contribution in [3.05, 3.63) is 41.6 Å². The van der Waals surface area contributed by atoms with E-state index in [2.05, 4.69) is 4.98 Å². The van der Waals surface area contributed by atoms with Gasteiger partial charge in [0.25, 0.3) is 5.91 Å². The number of pyridine rings is 1. The van der Waals surface area contributed by atoms with Crippen molar-refractivity contribution in [2.24, 2.45) is 0 Å². The Morgan fingerprint density at radius 1 is 1.38 bits per heavy atom. The zero-order valence-electron chi connectivity index (χ0n) is 12.5. The maximum Gasteiger partial charge on any atom is 0.253 e. The Kier molecular flexibility index (Phi) is 4.88. The molecule has 0 aliphatic rings. The number of amides is 1. The number of aliphatic hydroxyl groups excluding tert-OH is 1. The van der Waals surface area contributed by atoms with Gasteiger partial charge in [-0.2, -0.15) is 0 Å². The summed E-state index contributed by atoms with van der Waals surface area (Å²) in [5, 5.41) is 10.6. The molecule has 0 bridgehead atoms. The van der Waals surface area contributed by atoms with Crippen molar-refractivity contribution >= 4 is 16.8 Å². The first-order chi connectivity index (χ1) is 10.0. The van der Waals surface area contributed by atoms with Crippen molar-refractivity contribution in [1.29, 1.82) is 0 Å². The van der Waals surface area contributed by atoms with Crippen LogP contribution in [0.1, 0.15) is 16.1 Å². The number of nitrogens with zero attached hydrogens (tertiary/aromatic N) is 2. The molecule has 1 aromatic carbocycles. The molecule has 0 aliphatic carbocycles. The van der Waals surface area contributed by atoms with Gasteiger partial charge >= 0.3 is 0 Å². The minimum absolute atomic E-state index is 0.132. The van der Waals surface area contributed by atoms with Crippen LogP contribution in [-0.2, 0) is 4.74 Å². The van der Waals surface area contributed by atoms with Gasteiger partial charge in [-0.05, 0) is 31.2 Å². The van der Waals surface area contributed by atoms with Crippen LogP contribution in [0.5, 0.6) is 0 Å². The zero-order chi connectivity index (χ0) is 15.4. The second kappa shape index (κ2) is 6.65. The first-order valence-electron chi connectivity index (χ1n) is 6.81. The zero-order valence-corrected chi connectivity index (χ0v) is 12.5. The Labute approximate surface area is 124 Å².